The van der Waals surface area contributed by atoms with Gasteiger partial charge in [-0.1, -0.05) is 12.1 Å². The maximum atomic E-state index is 11.8. The van der Waals surface area contributed by atoms with E-state index < -0.39 is 20.4 Å². The second-order valence-electron chi connectivity index (χ2n) is 5.52. The monoisotopic (exact) mass is 333 g/mol. The average Bonchev–Trinajstić information content (AvgIpc) is 2.93. The van der Waals surface area contributed by atoms with Gasteiger partial charge in [0.05, 0.1) is 4.92 Å². The minimum absolute atomic E-state index is 0.0733. The highest BCUT2D eigenvalue weighted by atomic mass is 32.2. The number of aryl methyl sites for hydroxylation is 2. The summed E-state index contributed by atoms with van der Waals surface area (Å²) >= 11 is 0. The number of fused-ring (bicyclic) bond motifs is 1. The highest BCUT2D eigenvalue weighted by Crippen LogP contribution is 2.37. The van der Waals surface area contributed by atoms with Crippen molar-refractivity contribution in [3.05, 3.63) is 57.6 Å². The number of nitro benzene ring substituents is 1. The van der Waals surface area contributed by atoms with Crippen molar-refractivity contribution in [2.45, 2.75) is 24.2 Å². The number of sulfone groups is 1. The highest BCUT2D eigenvalue weighted by Gasteiger charge is 2.27. The van der Waals surface area contributed by atoms with Crippen LogP contribution in [0.1, 0.15) is 17.5 Å². The molecule has 0 saturated heterocycles. The van der Waals surface area contributed by atoms with E-state index in [4.69, 9.17) is 4.74 Å². The molecule has 2 aromatic rings. The summed E-state index contributed by atoms with van der Waals surface area (Å²) < 4.78 is 29.1. The molecule has 3 rings (SSSR count). The van der Waals surface area contributed by atoms with E-state index in [-0.39, 0.29) is 10.6 Å². The molecule has 23 heavy (non-hydrogen) atoms. The van der Waals surface area contributed by atoms with Crippen LogP contribution < -0.4 is 4.74 Å². The van der Waals surface area contributed by atoms with E-state index in [9.17, 15) is 18.5 Å². The molecule has 120 valence electrons. The third kappa shape index (κ3) is 3.05. The molecule has 0 bridgehead atoms. The molecule has 0 saturated carbocycles. The first kappa shape index (κ1) is 15.5. The topological polar surface area (TPSA) is 86.5 Å². The lowest BCUT2D eigenvalue weighted by Crippen LogP contribution is -2.04. The van der Waals surface area contributed by atoms with Crippen LogP contribution in [-0.2, 0) is 22.7 Å². The first-order valence-electron chi connectivity index (χ1n) is 7.13. The molecule has 0 radical (unpaired) electrons. The van der Waals surface area contributed by atoms with Crippen molar-refractivity contribution in [2.75, 3.05) is 6.26 Å². The van der Waals surface area contributed by atoms with Gasteiger partial charge in [0, 0.05) is 6.26 Å². The number of para-hydroxylation sites is 1. The molecule has 0 aliphatic heterocycles. The molecule has 0 fully saturated rings. The normalized spacial score (nSPS) is 13.6. The van der Waals surface area contributed by atoms with Crippen LogP contribution in [0.15, 0.2) is 41.3 Å². The zero-order chi connectivity index (χ0) is 16.6. The summed E-state index contributed by atoms with van der Waals surface area (Å²) in [6.45, 7) is 0. The molecule has 1 aliphatic carbocycles. The molecule has 0 aromatic heterocycles. The molecule has 0 unspecified atom stereocenters. The van der Waals surface area contributed by atoms with Gasteiger partial charge in [0.25, 0.3) is 0 Å². The zero-order valence-corrected chi connectivity index (χ0v) is 13.3. The molecular formula is C16H15NO5S. The Balaban J connectivity index is 2.05. The molecule has 0 heterocycles. The second kappa shape index (κ2) is 5.66. The van der Waals surface area contributed by atoms with E-state index in [2.05, 4.69) is 0 Å². The van der Waals surface area contributed by atoms with Crippen LogP contribution in [0.2, 0.25) is 0 Å². The Labute approximate surface area is 133 Å². The Hall–Kier alpha value is -2.41. The molecule has 6 nitrogen and oxygen atoms in total. The smallest absolute Gasteiger partial charge is 0.330 e. The Morgan fingerprint density at radius 1 is 1.13 bits per heavy atom. The molecule has 0 N–H and O–H groups in total. The van der Waals surface area contributed by atoms with E-state index in [1.165, 1.54) is 29.3 Å². The van der Waals surface area contributed by atoms with E-state index in [1.54, 1.807) is 6.07 Å². The molecule has 7 heteroatoms. The van der Waals surface area contributed by atoms with Gasteiger partial charge in [-0.15, -0.1) is 0 Å². The third-order valence-corrected chi connectivity index (χ3v) is 4.97. The lowest BCUT2D eigenvalue weighted by Gasteiger charge is -2.10. The van der Waals surface area contributed by atoms with E-state index >= 15 is 0 Å². The molecule has 2 aromatic carbocycles. The Kier molecular flexibility index (Phi) is 3.81. The van der Waals surface area contributed by atoms with Gasteiger partial charge >= 0.3 is 5.69 Å². The quantitative estimate of drug-likeness (QED) is 0.633. The van der Waals surface area contributed by atoms with Gasteiger partial charge in [0.2, 0.25) is 5.75 Å². The Morgan fingerprint density at radius 2 is 1.87 bits per heavy atom. The van der Waals surface area contributed by atoms with E-state index in [0.29, 0.717) is 5.75 Å². The summed E-state index contributed by atoms with van der Waals surface area (Å²) in [5.41, 5.74) is 1.90. The maximum Gasteiger partial charge on any atom is 0.330 e. The highest BCUT2D eigenvalue weighted by molar-refractivity contribution is 7.90. The van der Waals surface area contributed by atoms with Crippen LogP contribution in [0.25, 0.3) is 0 Å². The fourth-order valence-electron chi connectivity index (χ4n) is 2.80. The predicted molar refractivity (Wildman–Crippen MR) is 84.7 cm³/mol. The van der Waals surface area contributed by atoms with Crippen LogP contribution >= 0.6 is 0 Å². The van der Waals surface area contributed by atoms with Crippen molar-refractivity contribution < 1.29 is 18.1 Å². The zero-order valence-electron chi connectivity index (χ0n) is 12.5. The van der Waals surface area contributed by atoms with Crippen molar-refractivity contribution in [3.8, 4) is 11.5 Å². The molecular weight excluding hydrogens is 318 g/mol. The number of nitro groups is 1. The third-order valence-electron chi connectivity index (χ3n) is 3.84. The van der Waals surface area contributed by atoms with Gasteiger partial charge in [-0.05, 0) is 54.7 Å². The van der Waals surface area contributed by atoms with Gasteiger partial charge in [-0.2, -0.15) is 0 Å². The SMILES string of the molecule is CS(=O)(=O)c1cccc(Oc2ccc3c(c2)CCC3)c1[N+](=O)[O-]. The molecule has 0 amide bonds. The van der Waals surface area contributed by atoms with Crippen LogP contribution in [0.3, 0.4) is 0 Å². The summed E-state index contributed by atoms with van der Waals surface area (Å²) in [5.74, 6) is 0.398. The molecule has 1 aliphatic rings. The van der Waals surface area contributed by atoms with Gasteiger partial charge in [0.15, 0.2) is 9.84 Å². The first-order chi connectivity index (χ1) is 10.9. The van der Waals surface area contributed by atoms with Gasteiger partial charge in [0.1, 0.15) is 10.6 Å². The van der Waals surface area contributed by atoms with E-state index in [0.717, 1.165) is 25.5 Å². The standard InChI is InChI=1S/C16H15NO5S/c1-23(20,21)15-7-3-6-14(16(15)17(18)19)22-13-9-8-11-4-2-5-12(11)10-13/h3,6-10H,2,4-5H2,1H3. The summed E-state index contributed by atoms with van der Waals surface area (Å²) in [7, 11) is -3.72. The van der Waals surface area contributed by atoms with Crippen LogP contribution in [-0.4, -0.2) is 19.6 Å². The lowest BCUT2D eigenvalue weighted by molar-refractivity contribution is -0.388. The van der Waals surface area contributed by atoms with Gasteiger partial charge < -0.3 is 4.74 Å². The van der Waals surface area contributed by atoms with Crippen molar-refractivity contribution in [3.63, 3.8) is 0 Å². The average molecular weight is 333 g/mol. The molecule has 0 atom stereocenters. The number of nitrogens with zero attached hydrogens (tertiary/aromatic N) is 1. The van der Waals surface area contributed by atoms with Crippen molar-refractivity contribution in [2.24, 2.45) is 0 Å². The minimum atomic E-state index is -3.72. The number of ether oxygens (including phenoxy) is 1. The maximum absolute atomic E-state index is 11.8. The van der Waals surface area contributed by atoms with Crippen molar-refractivity contribution in [1.82, 2.24) is 0 Å². The predicted octanol–water partition coefficient (Wildman–Crippen LogP) is 3.28. The fourth-order valence-corrected chi connectivity index (χ4v) is 3.65. The number of benzene rings is 2. The van der Waals surface area contributed by atoms with Gasteiger partial charge in [-0.3, -0.25) is 10.1 Å². The second-order valence-corrected chi connectivity index (χ2v) is 7.50. The summed E-state index contributed by atoms with van der Waals surface area (Å²) in [4.78, 5) is 10.3. The largest absolute Gasteiger partial charge is 0.450 e. The minimum Gasteiger partial charge on any atom is -0.450 e. The number of hydrogen-bond acceptors (Lipinski definition) is 5. The van der Waals surface area contributed by atoms with Crippen LogP contribution in [0, 0.1) is 10.1 Å². The van der Waals surface area contributed by atoms with Crippen molar-refractivity contribution >= 4 is 15.5 Å². The fraction of sp³-hybridized carbons (Fsp3) is 0.250. The number of hydrogen-bond donors (Lipinski definition) is 0. The summed E-state index contributed by atoms with van der Waals surface area (Å²) in [6, 6.07) is 9.61. The number of rotatable bonds is 4. The Bertz CT molecular complexity index is 889. The lowest BCUT2D eigenvalue weighted by atomic mass is 10.1. The first-order valence-corrected chi connectivity index (χ1v) is 9.02. The van der Waals surface area contributed by atoms with Crippen LogP contribution in [0.4, 0.5) is 5.69 Å². The van der Waals surface area contributed by atoms with Crippen molar-refractivity contribution in [1.29, 1.82) is 0 Å². The summed E-state index contributed by atoms with van der Waals surface area (Å²) in [6.07, 6.45) is 4.01. The van der Waals surface area contributed by atoms with Gasteiger partial charge in [-0.25, -0.2) is 8.42 Å². The van der Waals surface area contributed by atoms with Crippen LogP contribution in [0.5, 0.6) is 11.5 Å². The summed E-state index contributed by atoms with van der Waals surface area (Å²) in [5, 5.41) is 11.3. The van der Waals surface area contributed by atoms with E-state index in [1.807, 2.05) is 12.1 Å². The molecule has 0 spiro atoms. The Morgan fingerprint density at radius 3 is 2.57 bits per heavy atom.